The van der Waals surface area contributed by atoms with Crippen LogP contribution in [0.5, 0.6) is 0 Å². The summed E-state index contributed by atoms with van der Waals surface area (Å²) >= 11 is 0. The largest absolute Gasteiger partial charge is 0.388 e. The molecule has 0 aliphatic heterocycles. The maximum Gasteiger partial charge on any atom is 0.0918 e. The van der Waals surface area contributed by atoms with Gasteiger partial charge in [0.25, 0.3) is 0 Å². The van der Waals surface area contributed by atoms with E-state index in [0.29, 0.717) is 18.6 Å². The van der Waals surface area contributed by atoms with Gasteiger partial charge in [0, 0.05) is 26.1 Å². The molecule has 0 heterocycles. The highest BCUT2D eigenvalue weighted by Crippen LogP contribution is 2.24. The number of methoxy groups -OCH3 is 1. The van der Waals surface area contributed by atoms with E-state index in [4.69, 9.17) is 15.9 Å². The summed E-state index contributed by atoms with van der Waals surface area (Å²) in [6.07, 6.45) is 5.88. The monoisotopic (exact) mass is 213 g/mol. The molecule has 0 radical (unpaired) electrons. The first-order chi connectivity index (χ1) is 7.13. The molecular formula is C11H23N3O. The molecule has 4 heteroatoms. The molecule has 1 aliphatic carbocycles. The van der Waals surface area contributed by atoms with Gasteiger partial charge in [-0.05, 0) is 32.7 Å². The molecule has 1 rings (SSSR count). The van der Waals surface area contributed by atoms with Crippen LogP contribution < -0.4 is 5.73 Å². The molecule has 3 N–H and O–H groups in total. The minimum Gasteiger partial charge on any atom is -0.388 e. The molecule has 0 aromatic carbocycles. The van der Waals surface area contributed by atoms with Crippen molar-refractivity contribution in [3.8, 4) is 0 Å². The van der Waals surface area contributed by atoms with E-state index in [1.165, 1.54) is 19.3 Å². The number of hydrogen-bond donors (Lipinski definition) is 2. The smallest absolute Gasteiger partial charge is 0.0918 e. The Kier molecular flexibility index (Phi) is 5.05. The summed E-state index contributed by atoms with van der Waals surface area (Å²) < 4.78 is 5.40. The zero-order chi connectivity index (χ0) is 11.3. The normalized spacial score (nSPS) is 26.9. The lowest BCUT2D eigenvalue weighted by Crippen LogP contribution is -2.39. The predicted molar refractivity (Wildman–Crippen MR) is 62.2 cm³/mol. The Labute approximate surface area is 92.3 Å². The molecule has 0 saturated heterocycles. The summed E-state index contributed by atoms with van der Waals surface area (Å²) in [5.74, 6) is 0.279. The quantitative estimate of drug-likeness (QED) is 0.533. The van der Waals surface area contributed by atoms with E-state index in [9.17, 15) is 0 Å². The number of nitrogens with zero attached hydrogens (tertiary/aromatic N) is 1. The van der Waals surface area contributed by atoms with Crippen molar-refractivity contribution in [2.45, 2.75) is 44.2 Å². The first-order valence-electron chi connectivity index (χ1n) is 5.69. The Bertz CT molecular complexity index is 208. The van der Waals surface area contributed by atoms with Crippen molar-refractivity contribution >= 4 is 5.84 Å². The van der Waals surface area contributed by atoms with Crippen LogP contribution in [0.1, 0.15) is 32.1 Å². The van der Waals surface area contributed by atoms with Crippen LogP contribution in [-0.2, 0) is 4.74 Å². The van der Waals surface area contributed by atoms with E-state index >= 15 is 0 Å². The lowest BCUT2D eigenvalue weighted by molar-refractivity contribution is 0.0352. The number of ether oxygens (including phenoxy) is 1. The van der Waals surface area contributed by atoms with Crippen molar-refractivity contribution in [1.29, 1.82) is 5.41 Å². The van der Waals surface area contributed by atoms with E-state index in [-0.39, 0.29) is 5.84 Å². The van der Waals surface area contributed by atoms with E-state index in [1.54, 1.807) is 7.11 Å². The lowest BCUT2D eigenvalue weighted by atomic mass is 9.92. The molecule has 0 bridgehead atoms. The van der Waals surface area contributed by atoms with E-state index in [2.05, 4.69) is 11.9 Å². The highest BCUT2D eigenvalue weighted by Gasteiger charge is 2.24. The first-order valence-corrected chi connectivity index (χ1v) is 5.69. The number of rotatable bonds is 5. The van der Waals surface area contributed by atoms with Crippen molar-refractivity contribution in [2.24, 2.45) is 5.73 Å². The Morgan fingerprint density at radius 3 is 2.87 bits per heavy atom. The molecule has 15 heavy (non-hydrogen) atoms. The standard InChI is InChI=1S/C11H23N3O/c1-14(7-6-11(12)13)9-4-3-5-10(8-9)15-2/h9-10H,3-8H2,1-2H3,(H3,12,13). The number of amidine groups is 1. The number of hydrogen-bond acceptors (Lipinski definition) is 3. The van der Waals surface area contributed by atoms with Gasteiger partial charge in [0.2, 0.25) is 0 Å². The average molecular weight is 213 g/mol. The second kappa shape index (κ2) is 6.08. The van der Waals surface area contributed by atoms with Gasteiger partial charge in [0.1, 0.15) is 0 Å². The fraction of sp³-hybridized carbons (Fsp3) is 0.909. The molecule has 4 nitrogen and oxygen atoms in total. The van der Waals surface area contributed by atoms with Gasteiger partial charge in [-0.3, -0.25) is 5.41 Å². The van der Waals surface area contributed by atoms with Crippen molar-refractivity contribution in [2.75, 3.05) is 20.7 Å². The van der Waals surface area contributed by atoms with Crippen LogP contribution in [0, 0.1) is 5.41 Å². The Morgan fingerprint density at radius 1 is 1.53 bits per heavy atom. The third kappa shape index (κ3) is 4.18. The SMILES string of the molecule is COC1CCCC(N(C)CCC(=N)N)C1. The van der Waals surface area contributed by atoms with Crippen LogP contribution in [0.3, 0.4) is 0 Å². The fourth-order valence-corrected chi connectivity index (χ4v) is 2.21. The summed E-state index contributed by atoms with van der Waals surface area (Å²) in [6.45, 7) is 0.885. The summed E-state index contributed by atoms with van der Waals surface area (Å²) in [7, 11) is 3.91. The second-order valence-corrected chi connectivity index (χ2v) is 4.43. The van der Waals surface area contributed by atoms with Crippen LogP contribution in [0.4, 0.5) is 0 Å². The molecule has 2 atom stereocenters. The summed E-state index contributed by atoms with van der Waals surface area (Å²) in [5, 5.41) is 7.20. The fourth-order valence-electron chi connectivity index (χ4n) is 2.21. The molecule has 0 spiro atoms. The maximum absolute atomic E-state index is 7.20. The van der Waals surface area contributed by atoms with Crippen molar-refractivity contribution in [3.05, 3.63) is 0 Å². The van der Waals surface area contributed by atoms with Gasteiger partial charge in [0.15, 0.2) is 0 Å². The van der Waals surface area contributed by atoms with E-state index < -0.39 is 0 Å². The Morgan fingerprint density at radius 2 is 2.27 bits per heavy atom. The molecule has 1 saturated carbocycles. The third-order valence-electron chi connectivity index (χ3n) is 3.29. The van der Waals surface area contributed by atoms with Crippen LogP contribution in [-0.4, -0.2) is 43.6 Å². The Balaban J connectivity index is 2.31. The van der Waals surface area contributed by atoms with Gasteiger partial charge in [0.05, 0.1) is 11.9 Å². The highest BCUT2D eigenvalue weighted by molar-refractivity contribution is 5.76. The minimum atomic E-state index is 0.279. The van der Waals surface area contributed by atoms with Crippen LogP contribution in [0.15, 0.2) is 0 Å². The maximum atomic E-state index is 7.20. The van der Waals surface area contributed by atoms with Crippen molar-refractivity contribution < 1.29 is 4.74 Å². The van der Waals surface area contributed by atoms with Gasteiger partial charge < -0.3 is 15.4 Å². The molecule has 1 aliphatic rings. The van der Waals surface area contributed by atoms with E-state index in [1.807, 2.05) is 0 Å². The van der Waals surface area contributed by atoms with Gasteiger partial charge in [-0.2, -0.15) is 0 Å². The summed E-state index contributed by atoms with van der Waals surface area (Å²) in [5.41, 5.74) is 5.36. The average Bonchev–Trinajstić information content (AvgIpc) is 2.26. The lowest BCUT2D eigenvalue weighted by Gasteiger charge is -2.34. The molecule has 1 fully saturated rings. The zero-order valence-corrected chi connectivity index (χ0v) is 9.83. The number of nitrogens with one attached hydrogen (secondary N) is 1. The molecule has 0 aromatic rings. The minimum absolute atomic E-state index is 0.279. The molecule has 0 amide bonds. The van der Waals surface area contributed by atoms with Crippen LogP contribution in [0.2, 0.25) is 0 Å². The predicted octanol–water partition coefficient (Wildman–Crippen LogP) is 1.20. The van der Waals surface area contributed by atoms with Crippen molar-refractivity contribution in [3.63, 3.8) is 0 Å². The summed E-state index contributed by atoms with van der Waals surface area (Å²) in [4.78, 5) is 2.31. The first kappa shape index (κ1) is 12.5. The second-order valence-electron chi connectivity index (χ2n) is 4.43. The van der Waals surface area contributed by atoms with E-state index in [0.717, 1.165) is 13.0 Å². The van der Waals surface area contributed by atoms with Crippen LogP contribution in [0.25, 0.3) is 0 Å². The molecular weight excluding hydrogens is 190 g/mol. The molecule has 88 valence electrons. The topological polar surface area (TPSA) is 62.3 Å². The Hall–Kier alpha value is -0.610. The number of nitrogens with two attached hydrogens (primary N) is 1. The van der Waals surface area contributed by atoms with Gasteiger partial charge in [-0.25, -0.2) is 0 Å². The zero-order valence-electron chi connectivity index (χ0n) is 9.83. The van der Waals surface area contributed by atoms with Gasteiger partial charge >= 0.3 is 0 Å². The third-order valence-corrected chi connectivity index (χ3v) is 3.29. The van der Waals surface area contributed by atoms with Crippen molar-refractivity contribution in [1.82, 2.24) is 4.90 Å². The molecule has 2 unspecified atom stereocenters. The van der Waals surface area contributed by atoms with Gasteiger partial charge in [-0.15, -0.1) is 0 Å². The molecule has 0 aromatic heterocycles. The summed E-state index contributed by atoms with van der Waals surface area (Å²) in [6, 6.07) is 0.600. The highest BCUT2D eigenvalue weighted by atomic mass is 16.5. The van der Waals surface area contributed by atoms with Crippen LogP contribution >= 0.6 is 0 Å². The van der Waals surface area contributed by atoms with Gasteiger partial charge in [-0.1, -0.05) is 0 Å².